The fourth-order valence-electron chi connectivity index (χ4n) is 8.95. The second-order valence-electron chi connectivity index (χ2n) is 25.6. The van der Waals surface area contributed by atoms with Gasteiger partial charge in [0.25, 0.3) is 23.4 Å². The lowest BCUT2D eigenvalue weighted by atomic mass is 10.1. The van der Waals surface area contributed by atoms with Gasteiger partial charge in [-0.05, 0) is 51.4 Å². The number of hydrogen-bond acceptors (Lipinski definition) is 32. The van der Waals surface area contributed by atoms with Crippen LogP contribution in [0.1, 0.15) is 111 Å². The number of aliphatic hydroxyl groups is 8. The van der Waals surface area contributed by atoms with E-state index < -0.39 is 206 Å². The molecule has 0 aliphatic carbocycles. The van der Waals surface area contributed by atoms with Crippen molar-refractivity contribution < 1.29 is 124 Å². The third kappa shape index (κ3) is 20.1. The van der Waals surface area contributed by atoms with Crippen molar-refractivity contribution in [2.45, 2.75) is 204 Å². The number of rotatable bonds is 20. The minimum atomic E-state index is -3.90. The lowest BCUT2D eigenvalue weighted by Crippen LogP contribution is -2.46. The number of carbonyl (C=O) groups is 4. The quantitative estimate of drug-likeness (QED) is 0.0210. The number of ether oxygens (including phenoxy) is 8. The Labute approximate surface area is 617 Å². The SMILES string of the molecule is Cc1cn([C@@H]2O[C@](F)(COC(=O)[C@@H](N)C(C)C)[C@@H](O)[C@H]2O)c(=O)[nH]c1=S.[2H]C([2H])(OC(=O)[C@@H](N)C(C)C)[C@@]1(F)O[C@@H](n2cc(C)c(=S)[nH]c2=O)[C@H](O)[C@@H]1O.[2H]C([2H])(OC(=O)[C@@H](N)C(C)C)[C@@]1(F)O[C@@]([2H])(n2cc(C)c(=S)[nH]c2=O)[C@H](O)[C@@H]1O.[2H][C@@]1(n2cc(C)c(=S)[nH]c2=O)O[C@](F)(COC(=O)[C@@H](N)C(C)C)[C@@H](O)[C@H]1O. The van der Waals surface area contributed by atoms with Gasteiger partial charge in [0.2, 0.25) is 0 Å². The first-order valence-corrected chi connectivity index (χ1v) is 32.8. The number of nitrogens with one attached hydrogen (secondary N) is 4. The number of nitrogens with zero attached hydrogens (tertiary/aromatic N) is 4. The zero-order valence-electron chi connectivity index (χ0n) is 63.5. The molecule has 4 fully saturated rings. The van der Waals surface area contributed by atoms with E-state index in [1.54, 1.807) is 62.3 Å². The van der Waals surface area contributed by atoms with E-state index in [4.69, 9.17) is 108 Å². The van der Waals surface area contributed by atoms with Gasteiger partial charge in [0.1, 0.15) is 91.6 Å². The van der Waals surface area contributed by atoms with Gasteiger partial charge in [-0.1, -0.05) is 104 Å². The number of esters is 4. The van der Waals surface area contributed by atoms with Crippen molar-refractivity contribution >= 4 is 72.7 Å². The number of aromatic amines is 4. The first-order chi connectivity index (χ1) is 50.1. The van der Waals surface area contributed by atoms with Gasteiger partial charge in [0, 0.05) is 47.0 Å². The highest BCUT2D eigenvalue weighted by Gasteiger charge is 2.61. The van der Waals surface area contributed by atoms with E-state index in [2.05, 4.69) is 29.4 Å². The standard InChI is InChI=1S/4C15H22FN3O6S/c4*1-6(2)8(17)13(22)24-5-15(16)10(21)9(20)12(25-15)19-4-7(3)11(26)18-14(19)23/h4*4,6,8-10,12,20-21H,5,17H2,1-3H3,(H,18,23,26)/t4*8-,9+,10-,12+,15+/m0000/s1/i5D2,12D;12D;5D2;. The smallest absolute Gasteiger partial charge is 0.328 e. The van der Waals surface area contributed by atoms with E-state index in [0.29, 0.717) is 25.8 Å². The molecule has 8 rings (SSSR count). The van der Waals surface area contributed by atoms with E-state index in [-0.39, 0.29) is 36.0 Å². The Morgan fingerprint density at radius 1 is 0.442 bits per heavy atom. The maximum absolute atomic E-state index is 15.5. The molecule has 0 saturated carbocycles. The summed E-state index contributed by atoms with van der Waals surface area (Å²) in [5.74, 6) is -19.4. The molecule has 8 heterocycles. The van der Waals surface area contributed by atoms with Crippen LogP contribution in [0.15, 0.2) is 44.0 Å². The van der Waals surface area contributed by atoms with E-state index in [1.165, 1.54) is 27.0 Å². The molecular formula is C60H88F4N12O24S4. The maximum Gasteiger partial charge on any atom is 0.328 e. The third-order valence-corrected chi connectivity index (χ3v) is 17.7. The molecule has 4 aliphatic rings. The summed E-state index contributed by atoms with van der Waals surface area (Å²) in [4.78, 5) is 105. The molecule has 0 spiro atoms. The molecule has 44 heteroatoms. The number of nitrogens with two attached hydrogens (primary N) is 4. The third-order valence-electron chi connectivity index (χ3n) is 16.0. The van der Waals surface area contributed by atoms with Crippen molar-refractivity contribution in [3.8, 4) is 0 Å². The summed E-state index contributed by atoms with van der Waals surface area (Å²) in [5, 5.41) is 81.0. The highest BCUT2D eigenvalue weighted by molar-refractivity contribution is 7.72. The van der Waals surface area contributed by atoms with Crippen LogP contribution in [-0.2, 0) is 57.1 Å². The van der Waals surface area contributed by atoms with Gasteiger partial charge in [0.05, 0.1) is 8.22 Å². The maximum atomic E-state index is 15.5. The summed E-state index contributed by atoms with van der Waals surface area (Å²) in [6.45, 7) is 9.72. The fourth-order valence-corrected chi connectivity index (χ4v) is 9.51. The van der Waals surface area contributed by atoms with Crippen LogP contribution < -0.4 is 45.7 Å². The molecule has 36 nitrogen and oxygen atoms in total. The van der Waals surface area contributed by atoms with Gasteiger partial charge in [0.15, 0.2) is 51.2 Å². The highest BCUT2D eigenvalue weighted by Crippen LogP contribution is 2.42. The van der Waals surface area contributed by atoms with Crippen LogP contribution in [0.2, 0.25) is 0 Å². The van der Waals surface area contributed by atoms with Crippen molar-refractivity contribution in [1.29, 1.82) is 0 Å². The predicted molar refractivity (Wildman–Crippen MR) is 361 cm³/mol. The minimum absolute atomic E-state index is 0.0151. The number of halogens is 4. The molecule has 4 aromatic rings. The second kappa shape index (κ2) is 35.4. The zero-order valence-corrected chi connectivity index (χ0v) is 60.7. The summed E-state index contributed by atoms with van der Waals surface area (Å²) in [7, 11) is 0. The first-order valence-electron chi connectivity index (χ1n) is 34.2. The lowest BCUT2D eigenvalue weighted by molar-refractivity contribution is -0.217. The number of aromatic nitrogens is 8. The molecular weight excluding hydrogens is 1480 g/mol. The zero-order chi connectivity index (χ0) is 84.7. The van der Waals surface area contributed by atoms with E-state index >= 15 is 13.2 Å². The highest BCUT2D eigenvalue weighted by atomic mass is 32.1. The van der Waals surface area contributed by atoms with Crippen molar-refractivity contribution in [2.24, 2.45) is 46.6 Å². The van der Waals surface area contributed by atoms with E-state index in [0.717, 1.165) is 27.7 Å². The van der Waals surface area contributed by atoms with Gasteiger partial charge < -0.3 is 102 Å². The average molecular weight is 1570 g/mol. The number of alkyl halides is 4. The van der Waals surface area contributed by atoms with Gasteiger partial charge >= 0.3 is 46.6 Å². The van der Waals surface area contributed by atoms with Crippen LogP contribution in [0.3, 0.4) is 0 Å². The number of carbonyl (C=O) groups excluding carboxylic acids is 4. The first kappa shape index (κ1) is 78.4. The number of aryl methyl sites for hydroxylation is 4. The van der Waals surface area contributed by atoms with Crippen LogP contribution in [0.5, 0.6) is 0 Å². The van der Waals surface area contributed by atoms with Crippen LogP contribution in [0.25, 0.3) is 0 Å². The molecule has 0 aromatic carbocycles. The van der Waals surface area contributed by atoms with Gasteiger partial charge in [-0.15, -0.1) is 0 Å². The molecule has 584 valence electrons. The topological polar surface area (TPSA) is 559 Å². The van der Waals surface area contributed by atoms with Crippen LogP contribution in [0, 0.1) is 69.9 Å². The Hall–Kier alpha value is -6.64. The Kier molecular flexibility index (Phi) is 26.7. The Balaban J connectivity index is 0.000000263. The van der Waals surface area contributed by atoms with Crippen molar-refractivity contribution in [2.75, 3.05) is 26.3 Å². The summed E-state index contributed by atoms with van der Waals surface area (Å²) in [6, 6.07) is -4.57. The van der Waals surface area contributed by atoms with Crippen LogP contribution in [-0.4, -0.2) is 226 Å². The van der Waals surface area contributed by atoms with Gasteiger partial charge in [-0.2, -0.15) is 0 Å². The summed E-state index contributed by atoms with van der Waals surface area (Å²) in [5.41, 5.74) is 20.1. The molecule has 104 heavy (non-hydrogen) atoms. The lowest BCUT2D eigenvalue weighted by Gasteiger charge is -2.24. The van der Waals surface area contributed by atoms with E-state index in [9.17, 15) is 83.6 Å². The van der Waals surface area contributed by atoms with Gasteiger partial charge in [-0.3, -0.25) is 57.4 Å². The molecule has 20 atom stereocenters. The Bertz CT molecular complexity index is 4570. The molecule has 0 unspecified atom stereocenters. The molecule has 0 amide bonds. The van der Waals surface area contributed by atoms with Crippen LogP contribution in [0.4, 0.5) is 17.6 Å². The molecule has 4 aliphatic heterocycles. The normalized spacial score (nSPS) is 32.3. The van der Waals surface area contributed by atoms with Crippen molar-refractivity contribution in [1.82, 2.24) is 38.2 Å². The second-order valence-corrected chi connectivity index (χ2v) is 27.2. The average Bonchev–Trinajstić information content (AvgIpc) is 1.57. The molecule has 0 bridgehead atoms. The Morgan fingerprint density at radius 3 is 0.971 bits per heavy atom. The molecule has 4 saturated heterocycles. The molecule has 0 radical (unpaired) electrons. The summed E-state index contributed by atoms with van der Waals surface area (Å²) >= 11 is 19.6. The Morgan fingerprint density at radius 2 is 0.663 bits per heavy atom. The molecule has 4 aromatic heterocycles. The largest absolute Gasteiger partial charge is 0.458 e. The van der Waals surface area contributed by atoms with Crippen molar-refractivity contribution in [3.05, 3.63) is 108 Å². The minimum Gasteiger partial charge on any atom is -0.458 e. The predicted octanol–water partition coefficient (Wildman–Crippen LogP) is -1.37. The van der Waals surface area contributed by atoms with Gasteiger partial charge in [-0.25, -0.2) is 36.7 Å². The monoisotopic (exact) mass is 1570 g/mol. The number of aliphatic hydroxyl groups excluding tert-OH is 8. The summed E-state index contributed by atoms with van der Waals surface area (Å²) < 4.78 is 149. The van der Waals surface area contributed by atoms with Crippen LogP contribution >= 0.6 is 48.9 Å². The molecule has 20 N–H and O–H groups in total. The van der Waals surface area contributed by atoms with Crippen molar-refractivity contribution in [3.63, 3.8) is 0 Å². The van der Waals surface area contributed by atoms with E-state index in [1.807, 2.05) is 0 Å². The number of hydrogen-bond donors (Lipinski definition) is 16. The summed E-state index contributed by atoms with van der Waals surface area (Å²) in [6.07, 6.45) is -22.5. The number of H-pyrrole nitrogens is 4. The fraction of sp³-hybridized carbons (Fsp3) is 0.667.